The van der Waals surface area contributed by atoms with E-state index in [0.29, 0.717) is 23.9 Å². The molecule has 0 aliphatic heterocycles. The van der Waals surface area contributed by atoms with Gasteiger partial charge in [0.15, 0.2) is 5.82 Å². The zero-order chi connectivity index (χ0) is 13.7. The first-order valence-electron chi connectivity index (χ1n) is 5.94. The molecule has 2 aromatic rings. The molecule has 2 rings (SSSR count). The van der Waals surface area contributed by atoms with Gasteiger partial charge in [-0.05, 0) is 26.0 Å². The summed E-state index contributed by atoms with van der Waals surface area (Å²) in [6, 6.07) is 3.68. The second-order valence-corrected chi connectivity index (χ2v) is 4.18. The summed E-state index contributed by atoms with van der Waals surface area (Å²) in [4.78, 5) is 8.09. The van der Waals surface area contributed by atoms with E-state index in [-0.39, 0.29) is 6.10 Å². The van der Waals surface area contributed by atoms with Crippen molar-refractivity contribution in [3.8, 4) is 5.88 Å². The van der Waals surface area contributed by atoms with Crippen LogP contribution in [-0.2, 0) is 6.54 Å². The summed E-state index contributed by atoms with van der Waals surface area (Å²) in [7, 11) is 0. The highest BCUT2D eigenvalue weighted by Gasteiger charge is 2.10. The first kappa shape index (κ1) is 13.0. The van der Waals surface area contributed by atoms with Crippen LogP contribution < -0.4 is 15.8 Å². The van der Waals surface area contributed by atoms with Crippen LogP contribution in [0.2, 0.25) is 0 Å². The van der Waals surface area contributed by atoms with Crippen molar-refractivity contribution < 1.29 is 4.74 Å². The number of aromatic nitrogens is 4. The minimum atomic E-state index is 0.00467. The second-order valence-electron chi connectivity index (χ2n) is 4.18. The van der Waals surface area contributed by atoms with Gasteiger partial charge in [-0.15, -0.1) is 0 Å². The zero-order valence-corrected chi connectivity index (χ0v) is 10.9. The van der Waals surface area contributed by atoms with Gasteiger partial charge in [-0.2, -0.15) is 15.2 Å². The fourth-order valence-electron chi connectivity index (χ4n) is 1.44. The monoisotopic (exact) mass is 260 g/mol. The average Bonchev–Trinajstić information content (AvgIpc) is 2.40. The largest absolute Gasteiger partial charge is 0.473 e. The summed E-state index contributed by atoms with van der Waals surface area (Å²) >= 11 is 0. The third-order valence-electron chi connectivity index (χ3n) is 2.26. The molecule has 19 heavy (non-hydrogen) atoms. The molecule has 0 fully saturated rings. The number of anilines is 2. The van der Waals surface area contributed by atoms with Crippen molar-refractivity contribution in [3.05, 3.63) is 30.4 Å². The number of hydrogen-bond donors (Lipinski definition) is 2. The van der Waals surface area contributed by atoms with E-state index in [9.17, 15) is 0 Å². The predicted octanol–water partition coefficient (Wildman–Crippen LogP) is 1.25. The Kier molecular flexibility index (Phi) is 4.07. The molecule has 7 heteroatoms. The summed E-state index contributed by atoms with van der Waals surface area (Å²) in [5.41, 5.74) is 7.13. The molecule has 2 heterocycles. The summed E-state index contributed by atoms with van der Waals surface area (Å²) in [5, 5.41) is 10.8. The third-order valence-corrected chi connectivity index (χ3v) is 2.26. The van der Waals surface area contributed by atoms with E-state index < -0.39 is 0 Å². The molecule has 0 saturated heterocycles. The van der Waals surface area contributed by atoms with Gasteiger partial charge in [0.25, 0.3) is 0 Å². The molecule has 0 amide bonds. The van der Waals surface area contributed by atoms with Crippen LogP contribution in [0.5, 0.6) is 5.88 Å². The fourth-order valence-corrected chi connectivity index (χ4v) is 1.44. The van der Waals surface area contributed by atoms with Gasteiger partial charge in [0.05, 0.1) is 18.3 Å². The van der Waals surface area contributed by atoms with Crippen molar-refractivity contribution in [2.45, 2.75) is 26.5 Å². The van der Waals surface area contributed by atoms with Crippen LogP contribution in [0.4, 0.5) is 11.5 Å². The molecule has 0 radical (unpaired) electrons. The Morgan fingerprint density at radius 1 is 1.37 bits per heavy atom. The van der Waals surface area contributed by atoms with Crippen molar-refractivity contribution in [2.75, 3.05) is 11.1 Å². The van der Waals surface area contributed by atoms with Crippen LogP contribution in [0.3, 0.4) is 0 Å². The number of nitrogen functional groups attached to an aromatic ring is 1. The standard InChI is InChI=1S/C12H16N6O/c1-8(2)19-12-10(13)11(15-7-16-12)14-6-9-4-3-5-17-18-9/h3-5,7-8H,6,13H2,1-2H3,(H,14,15,16). The van der Waals surface area contributed by atoms with Crippen molar-refractivity contribution >= 4 is 11.5 Å². The average molecular weight is 260 g/mol. The van der Waals surface area contributed by atoms with Gasteiger partial charge in [-0.3, -0.25) is 0 Å². The molecular formula is C12H16N6O. The number of nitrogens with two attached hydrogens (primary N) is 1. The first-order valence-corrected chi connectivity index (χ1v) is 5.94. The topological polar surface area (TPSA) is 98.8 Å². The molecule has 0 bridgehead atoms. The van der Waals surface area contributed by atoms with Crippen LogP contribution in [0.1, 0.15) is 19.5 Å². The minimum Gasteiger partial charge on any atom is -0.473 e. The van der Waals surface area contributed by atoms with Gasteiger partial charge in [0.1, 0.15) is 12.0 Å². The Bertz CT molecular complexity index is 531. The third kappa shape index (κ3) is 3.51. The van der Waals surface area contributed by atoms with E-state index in [4.69, 9.17) is 10.5 Å². The Morgan fingerprint density at radius 3 is 2.89 bits per heavy atom. The lowest BCUT2D eigenvalue weighted by Gasteiger charge is -2.13. The van der Waals surface area contributed by atoms with Crippen molar-refractivity contribution in [1.82, 2.24) is 20.2 Å². The maximum atomic E-state index is 5.95. The number of nitrogens with zero attached hydrogens (tertiary/aromatic N) is 4. The Morgan fingerprint density at radius 2 is 2.21 bits per heavy atom. The molecule has 0 saturated carbocycles. The SMILES string of the molecule is CC(C)Oc1ncnc(NCc2cccnn2)c1N. The molecule has 7 nitrogen and oxygen atoms in total. The van der Waals surface area contributed by atoms with E-state index in [1.165, 1.54) is 6.33 Å². The Balaban J connectivity index is 2.08. The number of nitrogens with one attached hydrogen (secondary N) is 1. The first-order chi connectivity index (χ1) is 9.16. The summed E-state index contributed by atoms with van der Waals surface area (Å²) in [6.45, 7) is 4.30. The van der Waals surface area contributed by atoms with E-state index >= 15 is 0 Å². The molecule has 0 aliphatic carbocycles. The van der Waals surface area contributed by atoms with Crippen molar-refractivity contribution in [2.24, 2.45) is 0 Å². The van der Waals surface area contributed by atoms with Crippen molar-refractivity contribution in [1.29, 1.82) is 0 Å². The highest BCUT2D eigenvalue weighted by Crippen LogP contribution is 2.25. The number of rotatable bonds is 5. The van der Waals surface area contributed by atoms with Gasteiger partial charge in [-0.1, -0.05) is 0 Å². The summed E-state index contributed by atoms with van der Waals surface area (Å²) in [5.74, 6) is 0.906. The maximum absolute atomic E-state index is 5.95. The summed E-state index contributed by atoms with van der Waals surface area (Å²) in [6.07, 6.45) is 3.04. The molecule has 100 valence electrons. The lowest BCUT2D eigenvalue weighted by atomic mass is 10.3. The minimum absolute atomic E-state index is 0.00467. The van der Waals surface area contributed by atoms with Crippen LogP contribution >= 0.6 is 0 Å². The molecule has 0 aromatic carbocycles. The molecule has 0 aliphatic rings. The van der Waals surface area contributed by atoms with E-state index in [1.807, 2.05) is 26.0 Å². The highest BCUT2D eigenvalue weighted by atomic mass is 16.5. The lowest BCUT2D eigenvalue weighted by Crippen LogP contribution is -2.12. The molecule has 0 atom stereocenters. The Hall–Kier alpha value is -2.44. The van der Waals surface area contributed by atoms with Gasteiger partial charge in [0, 0.05) is 6.20 Å². The maximum Gasteiger partial charge on any atom is 0.242 e. The molecular weight excluding hydrogens is 244 g/mol. The second kappa shape index (κ2) is 5.94. The zero-order valence-electron chi connectivity index (χ0n) is 10.9. The van der Waals surface area contributed by atoms with E-state index in [0.717, 1.165) is 5.69 Å². The van der Waals surface area contributed by atoms with Crippen LogP contribution in [0, 0.1) is 0 Å². The number of ether oxygens (including phenoxy) is 1. The molecule has 0 spiro atoms. The van der Waals surface area contributed by atoms with E-state index in [2.05, 4.69) is 25.5 Å². The van der Waals surface area contributed by atoms with Crippen LogP contribution in [-0.4, -0.2) is 26.3 Å². The van der Waals surface area contributed by atoms with Crippen LogP contribution in [0.15, 0.2) is 24.7 Å². The quantitative estimate of drug-likeness (QED) is 0.834. The molecule has 3 N–H and O–H groups in total. The lowest BCUT2D eigenvalue weighted by molar-refractivity contribution is 0.234. The Labute approximate surface area is 111 Å². The number of hydrogen-bond acceptors (Lipinski definition) is 7. The normalized spacial score (nSPS) is 10.5. The molecule has 2 aromatic heterocycles. The predicted molar refractivity (Wildman–Crippen MR) is 71.6 cm³/mol. The van der Waals surface area contributed by atoms with Gasteiger partial charge < -0.3 is 15.8 Å². The highest BCUT2D eigenvalue weighted by molar-refractivity contribution is 5.66. The summed E-state index contributed by atoms with van der Waals surface area (Å²) < 4.78 is 5.49. The van der Waals surface area contributed by atoms with Crippen LogP contribution in [0.25, 0.3) is 0 Å². The smallest absolute Gasteiger partial charge is 0.242 e. The van der Waals surface area contributed by atoms with Gasteiger partial charge in [0.2, 0.25) is 5.88 Å². The van der Waals surface area contributed by atoms with Gasteiger partial charge >= 0.3 is 0 Å². The fraction of sp³-hybridized carbons (Fsp3) is 0.333. The van der Waals surface area contributed by atoms with E-state index in [1.54, 1.807) is 6.20 Å². The van der Waals surface area contributed by atoms with Gasteiger partial charge in [-0.25, -0.2) is 4.98 Å². The van der Waals surface area contributed by atoms with Crippen molar-refractivity contribution in [3.63, 3.8) is 0 Å². The molecule has 0 unspecified atom stereocenters.